The quantitative estimate of drug-likeness (QED) is 0.430. The molecule has 6 heteroatoms. The molecule has 0 heterocycles. The molecule has 0 aromatic carbocycles. The second-order valence-corrected chi connectivity index (χ2v) is 4.38. The summed E-state index contributed by atoms with van der Waals surface area (Å²) in [6.45, 7) is 1.00. The third-order valence-electron chi connectivity index (χ3n) is 1.32. The smallest absolute Gasteiger partial charge is 0.214 e. The van der Waals surface area contributed by atoms with Gasteiger partial charge in [-0.1, -0.05) is 5.92 Å². The number of terminal acetylenes is 1. The Morgan fingerprint density at radius 1 is 1.36 bits per heavy atom. The molecule has 0 fully saturated rings. The van der Waals surface area contributed by atoms with Gasteiger partial charge in [0, 0.05) is 7.11 Å². The van der Waals surface area contributed by atoms with Crippen molar-refractivity contribution in [2.45, 2.75) is 0 Å². The molecule has 82 valence electrons. The number of rotatable bonds is 8. The van der Waals surface area contributed by atoms with Crippen LogP contribution in [0.1, 0.15) is 0 Å². The van der Waals surface area contributed by atoms with Gasteiger partial charge in [0.2, 0.25) is 10.0 Å². The first kappa shape index (κ1) is 13.4. The van der Waals surface area contributed by atoms with Crippen LogP contribution in [0.2, 0.25) is 0 Å². The number of hydrogen-bond donors (Lipinski definition) is 1. The number of hydrogen-bond acceptors (Lipinski definition) is 4. The van der Waals surface area contributed by atoms with Crippen molar-refractivity contribution < 1.29 is 17.9 Å². The molecule has 0 rings (SSSR count). The van der Waals surface area contributed by atoms with Gasteiger partial charge in [-0.05, 0) is 0 Å². The Morgan fingerprint density at radius 2 is 2.07 bits per heavy atom. The minimum absolute atomic E-state index is 0.0143. The van der Waals surface area contributed by atoms with E-state index >= 15 is 0 Å². The normalized spacial score (nSPS) is 11.1. The summed E-state index contributed by atoms with van der Waals surface area (Å²) >= 11 is 0. The summed E-state index contributed by atoms with van der Waals surface area (Å²) in [6.07, 6.45) is 4.91. The highest BCUT2D eigenvalue weighted by molar-refractivity contribution is 7.89. The fourth-order valence-corrected chi connectivity index (χ4v) is 1.42. The lowest BCUT2D eigenvalue weighted by Gasteiger charge is -2.04. The fraction of sp³-hybridized carbons (Fsp3) is 0.750. The molecule has 5 nitrogen and oxygen atoms in total. The van der Waals surface area contributed by atoms with E-state index in [2.05, 4.69) is 10.6 Å². The molecule has 0 aliphatic rings. The standard InChI is InChI=1S/C8H15NO4S/c1-3-4-9-14(10,11)8-7-13-6-5-12-2/h1,9H,4-8H2,2H3. The van der Waals surface area contributed by atoms with Crippen LogP contribution in [-0.4, -0.2) is 47.6 Å². The molecule has 0 spiro atoms. The summed E-state index contributed by atoms with van der Waals surface area (Å²) in [4.78, 5) is 0. The molecule has 14 heavy (non-hydrogen) atoms. The molecule has 0 saturated carbocycles. The van der Waals surface area contributed by atoms with Gasteiger partial charge in [-0.25, -0.2) is 13.1 Å². The zero-order valence-corrected chi connectivity index (χ0v) is 8.97. The molecule has 0 aliphatic heterocycles. The van der Waals surface area contributed by atoms with Crippen LogP contribution < -0.4 is 4.72 Å². The minimum Gasteiger partial charge on any atom is -0.382 e. The molecular formula is C8H15NO4S. The highest BCUT2D eigenvalue weighted by Gasteiger charge is 2.07. The molecule has 0 bridgehead atoms. The van der Waals surface area contributed by atoms with E-state index in [1.807, 2.05) is 0 Å². The zero-order valence-electron chi connectivity index (χ0n) is 8.15. The van der Waals surface area contributed by atoms with Crippen molar-refractivity contribution in [1.29, 1.82) is 0 Å². The summed E-state index contributed by atoms with van der Waals surface area (Å²) < 4.78 is 34.1. The summed E-state index contributed by atoms with van der Waals surface area (Å²) in [6, 6.07) is 0. The molecule has 0 amide bonds. The first-order valence-corrected chi connectivity index (χ1v) is 5.75. The SMILES string of the molecule is C#CCNS(=O)(=O)CCOCCOC. The van der Waals surface area contributed by atoms with E-state index in [-0.39, 0.29) is 18.9 Å². The van der Waals surface area contributed by atoms with Gasteiger partial charge >= 0.3 is 0 Å². The Morgan fingerprint density at radius 3 is 2.64 bits per heavy atom. The number of sulfonamides is 1. The maximum absolute atomic E-state index is 11.1. The lowest BCUT2D eigenvalue weighted by molar-refractivity contribution is 0.0784. The van der Waals surface area contributed by atoms with Gasteiger partial charge in [-0.2, -0.15) is 0 Å². The molecule has 0 unspecified atom stereocenters. The largest absolute Gasteiger partial charge is 0.382 e. The third kappa shape index (κ3) is 8.01. The van der Waals surface area contributed by atoms with Gasteiger partial charge in [0.05, 0.1) is 32.1 Å². The maximum Gasteiger partial charge on any atom is 0.214 e. The predicted octanol–water partition coefficient (Wildman–Crippen LogP) is -0.798. The molecule has 0 aromatic heterocycles. The van der Waals surface area contributed by atoms with E-state index in [9.17, 15) is 8.42 Å². The second-order valence-electron chi connectivity index (χ2n) is 2.45. The maximum atomic E-state index is 11.1. The highest BCUT2D eigenvalue weighted by atomic mass is 32.2. The van der Waals surface area contributed by atoms with Gasteiger partial charge in [0.1, 0.15) is 0 Å². The van der Waals surface area contributed by atoms with Crippen molar-refractivity contribution in [3.8, 4) is 12.3 Å². The first-order chi connectivity index (χ1) is 6.62. The average molecular weight is 221 g/mol. The van der Waals surface area contributed by atoms with Crippen molar-refractivity contribution in [2.24, 2.45) is 0 Å². The monoisotopic (exact) mass is 221 g/mol. The van der Waals surface area contributed by atoms with Crippen LogP contribution in [-0.2, 0) is 19.5 Å². The summed E-state index contributed by atoms with van der Waals surface area (Å²) in [7, 11) is -1.74. The summed E-state index contributed by atoms with van der Waals surface area (Å²) in [5.41, 5.74) is 0. The molecule has 0 aliphatic carbocycles. The van der Waals surface area contributed by atoms with Crippen LogP contribution in [0.5, 0.6) is 0 Å². The van der Waals surface area contributed by atoms with Crippen molar-refractivity contribution in [3.63, 3.8) is 0 Å². The highest BCUT2D eigenvalue weighted by Crippen LogP contribution is 1.85. The van der Waals surface area contributed by atoms with E-state index in [1.54, 1.807) is 7.11 Å². The molecule has 0 atom stereocenters. The van der Waals surface area contributed by atoms with Gasteiger partial charge in [-0.3, -0.25) is 0 Å². The minimum atomic E-state index is -3.29. The average Bonchev–Trinajstić information content (AvgIpc) is 2.15. The molecule has 0 saturated heterocycles. The van der Waals surface area contributed by atoms with E-state index in [1.165, 1.54) is 0 Å². The van der Waals surface area contributed by atoms with Gasteiger partial charge in [-0.15, -0.1) is 6.42 Å². The second kappa shape index (κ2) is 7.76. The molecule has 1 N–H and O–H groups in total. The van der Waals surface area contributed by atoms with Crippen LogP contribution >= 0.6 is 0 Å². The number of methoxy groups -OCH3 is 1. The Kier molecular flexibility index (Phi) is 7.42. The van der Waals surface area contributed by atoms with E-state index in [0.29, 0.717) is 13.2 Å². The zero-order chi connectivity index (χ0) is 10.9. The Hall–Kier alpha value is -0.610. The van der Waals surface area contributed by atoms with E-state index in [0.717, 1.165) is 0 Å². The number of ether oxygens (including phenoxy) is 2. The Bertz CT molecular complexity index is 268. The van der Waals surface area contributed by atoms with Crippen LogP contribution in [0.15, 0.2) is 0 Å². The van der Waals surface area contributed by atoms with Crippen LogP contribution in [0.25, 0.3) is 0 Å². The van der Waals surface area contributed by atoms with Crippen LogP contribution in [0, 0.1) is 12.3 Å². The summed E-state index contributed by atoms with van der Waals surface area (Å²) in [5.74, 6) is 2.10. The first-order valence-electron chi connectivity index (χ1n) is 4.10. The lowest BCUT2D eigenvalue weighted by atomic mass is 10.7. The Balaban J connectivity index is 3.52. The van der Waals surface area contributed by atoms with Gasteiger partial charge in [0.15, 0.2) is 0 Å². The number of nitrogens with one attached hydrogen (secondary N) is 1. The lowest BCUT2D eigenvalue weighted by Crippen LogP contribution is -2.28. The van der Waals surface area contributed by atoms with Gasteiger partial charge in [0.25, 0.3) is 0 Å². The van der Waals surface area contributed by atoms with E-state index in [4.69, 9.17) is 15.9 Å². The van der Waals surface area contributed by atoms with Crippen molar-refractivity contribution in [2.75, 3.05) is 39.2 Å². The van der Waals surface area contributed by atoms with Crippen molar-refractivity contribution in [1.82, 2.24) is 4.72 Å². The summed E-state index contributed by atoms with van der Waals surface area (Å²) in [5, 5.41) is 0. The van der Waals surface area contributed by atoms with Crippen molar-refractivity contribution in [3.05, 3.63) is 0 Å². The predicted molar refractivity (Wildman–Crippen MR) is 53.3 cm³/mol. The topological polar surface area (TPSA) is 64.6 Å². The van der Waals surface area contributed by atoms with Crippen LogP contribution in [0.3, 0.4) is 0 Å². The van der Waals surface area contributed by atoms with Crippen LogP contribution in [0.4, 0.5) is 0 Å². The van der Waals surface area contributed by atoms with Gasteiger partial charge < -0.3 is 9.47 Å². The Labute approximate surface area is 84.8 Å². The molecular weight excluding hydrogens is 206 g/mol. The fourth-order valence-electron chi connectivity index (χ4n) is 0.637. The molecule has 0 radical (unpaired) electrons. The van der Waals surface area contributed by atoms with Crippen molar-refractivity contribution >= 4 is 10.0 Å². The third-order valence-corrected chi connectivity index (χ3v) is 2.61. The molecule has 0 aromatic rings. The van der Waals surface area contributed by atoms with E-state index < -0.39 is 10.0 Å².